The van der Waals surface area contributed by atoms with Gasteiger partial charge in [0.2, 0.25) is 5.91 Å². The Morgan fingerprint density at radius 3 is 2.54 bits per heavy atom. The van der Waals surface area contributed by atoms with Crippen molar-refractivity contribution < 1.29 is 23.8 Å². The van der Waals surface area contributed by atoms with Gasteiger partial charge in [0.25, 0.3) is 0 Å². The van der Waals surface area contributed by atoms with Crippen molar-refractivity contribution in [3.8, 4) is 5.75 Å². The molecule has 0 aromatic heterocycles. The molecule has 138 valence electrons. The van der Waals surface area contributed by atoms with Gasteiger partial charge < -0.3 is 15.2 Å². The third kappa shape index (κ3) is 4.73. The number of carboxylic acids is 1. The first-order valence-corrected chi connectivity index (χ1v) is 8.31. The van der Waals surface area contributed by atoms with E-state index in [9.17, 15) is 19.1 Å². The highest BCUT2D eigenvalue weighted by atomic mass is 35.5. The van der Waals surface area contributed by atoms with Crippen molar-refractivity contribution in [2.45, 2.75) is 19.4 Å². The largest absolute Gasteiger partial charge is 0.494 e. The highest BCUT2D eigenvalue weighted by Gasteiger charge is 2.26. The minimum Gasteiger partial charge on any atom is -0.494 e. The lowest BCUT2D eigenvalue weighted by molar-refractivity contribution is -0.142. The highest BCUT2D eigenvalue weighted by Crippen LogP contribution is 2.23. The Balaban J connectivity index is 2.14. The zero-order chi connectivity index (χ0) is 19.3. The zero-order valence-electron chi connectivity index (χ0n) is 14.3. The lowest BCUT2D eigenvalue weighted by atomic mass is 9.99. The summed E-state index contributed by atoms with van der Waals surface area (Å²) in [6, 6.07) is 9.52. The number of carboxylic acid groups (broad SMARTS) is 1. The molecule has 7 heteroatoms. The molecule has 0 heterocycles. The summed E-state index contributed by atoms with van der Waals surface area (Å²) < 4.78 is 18.7. The van der Waals surface area contributed by atoms with Crippen molar-refractivity contribution in [3.63, 3.8) is 0 Å². The van der Waals surface area contributed by atoms with Gasteiger partial charge in [-0.15, -0.1) is 0 Å². The number of carbonyl (C=O) groups is 2. The molecular formula is C19H19ClFNO4. The minimum atomic E-state index is -1.36. The van der Waals surface area contributed by atoms with Gasteiger partial charge in [0.15, 0.2) is 17.6 Å². The predicted molar refractivity (Wildman–Crippen MR) is 95.8 cm³/mol. The van der Waals surface area contributed by atoms with Gasteiger partial charge in [-0.3, -0.25) is 4.79 Å². The SMILES string of the molecule is COc1ccc(C(NC(=O)C(C)Cc2ccccc2Cl)C(=O)O)cc1F. The topological polar surface area (TPSA) is 75.6 Å². The van der Waals surface area contributed by atoms with E-state index >= 15 is 0 Å². The van der Waals surface area contributed by atoms with E-state index in [2.05, 4.69) is 5.32 Å². The summed E-state index contributed by atoms with van der Waals surface area (Å²) in [5.74, 6) is -2.97. The van der Waals surface area contributed by atoms with Gasteiger partial charge in [-0.05, 0) is 35.7 Å². The predicted octanol–water partition coefficient (Wildman–Crippen LogP) is 3.61. The van der Waals surface area contributed by atoms with Gasteiger partial charge in [-0.2, -0.15) is 0 Å². The number of halogens is 2. The van der Waals surface area contributed by atoms with Gasteiger partial charge >= 0.3 is 5.97 Å². The van der Waals surface area contributed by atoms with Crippen LogP contribution in [-0.2, 0) is 16.0 Å². The molecule has 2 unspecified atom stereocenters. The summed E-state index contributed by atoms with van der Waals surface area (Å²) in [5, 5.41) is 12.4. The maximum atomic E-state index is 13.9. The van der Waals surface area contributed by atoms with Crippen molar-refractivity contribution in [2.24, 2.45) is 5.92 Å². The van der Waals surface area contributed by atoms with Crippen LogP contribution in [0.25, 0.3) is 0 Å². The second-order valence-electron chi connectivity index (χ2n) is 5.87. The number of aliphatic carboxylic acids is 1. The van der Waals surface area contributed by atoms with Gasteiger partial charge in [-0.1, -0.05) is 42.8 Å². The molecule has 2 atom stereocenters. The third-order valence-corrected chi connectivity index (χ3v) is 4.34. The molecule has 2 aromatic carbocycles. The van der Waals surface area contributed by atoms with Crippen molar-refractivity contribution >= 4 is 23.5 Å². The molecular weight excluding hydrogens is 361 g/mol. The molecule has 0 bridgehead atoms. The molecule has 1 amide bonds. The maximum Gasteiger partial charge on any atom is 0.330 e. The van der Waals surface area contributed by atoms with E-state index in [1.54, 1.807) is 25.1 Å². The molecule has 2 N–H and O–H groups in total. The third-order valence-electron chi connectivity index (χ3n) is 3.97. The van der Waals surface area contributed by atoms with Gasteiger partial charge in [-0.25, -0.2) is 9.18 Å². The second kappa shape index (κ2) is 8.67. The Labute approximate surface area is 155 Å². The first-order valence-electron chi connectivity index (χ1n) is 7.93. The van der Waals surface area contributed by atoms with Gasteiger partial charge in [0.05, 0.1) is 7.11 Å². The summed E-state index contributed by atoms with van der Waals surface area (Å²) in [6.45, 7) is 1.67. The fourth-order valence-corrected chi connectivity index (χ4v) is 2.73. The van der Waals surface area contributed by atoms with Crippen LogP contribution in [0, 0.1) is 11.7 Å². The Morgan fingerprint density at radius 1 is 1.27 bits per heavy atom. The molecule has 0 spiro atoms. The van der Waals surface area contributed by atoms with Crippen LogP contribution >= 0.6 is 11.6 Å². The van der Waals surface area contributed by atoms with Crippen LogP contribution in [0.4, 0.5) is 4.39 Å². The van der Waals surface area contributed by atoms with Crippen LogP contribution in [0.5, 0.6) is 5.75 Å². The fraction of sp³-hybridized carbons (Fsp3) is 0.263. The summed E-state index contributed by atoms with van der Waals surface area (Å²) in [7, 11) is 1.31. The Hall–Kier alpha value is -2.60. The van der Waals surface area contributed by atoms with Crippen LogP contribution in [0.15, 0.2) is 42.5 Å². The average Bonchev–Trinajstić information content (AvgIpc) is 2.61. The lowest BCUT2D eigenvalue weighted by Gasteiger charge is -2.19. The monoisotopic (exact) mass is 379 g/mol. The molecule has 0 aliphatic carbocycles. The molecule has 2 aromatic rings. The Kier molecular flexibility index (Phi) is 6.58. The average molecular weight is 380 g/mol. The van der Waals surface area contributed by atoms with Crippen molar-refractivity contribution in [2.75, 3.05) is 7.11 Å². The van der Waals surface area contributed by atoms with Gasteiger partial charge in [0.1, 0.15) is 0 Å². The number of methoxy groups -OCH3 is 1. The summed E-state index contributed by atoms with van der Waals surface area (Å²) >= 11 is 6.09. The van der Waals surface area contributed by atoms with E-state index in [0.29, 0.717) is 11.4 Å². The molecule has 0 fully saturated rings. The standard InChI is InChI=1S/C19H19ClFNO4/c1-11(9-12-5-3-4-6-14(12)20)18(23)22-17(19(24)25)13-7-8-16(26-2)15(21)10-13/h3-8,10-11,17H,9H2,1-2H3,(H,22,23)(H,24,25). The van der Waals surface area contributed by atoms with Crippen LogP contribution in [0.1, 0.15) is 24.1 Å². The molecule has 0 saturated heterocycles. The van der Waals surface area contributed by atoms with Gasteiger partial charge in [0, 0.05) is 10.9 Å². The molecule has 26 heavy (non-hydrogen) atoms. The normalized spacial score (nSPS) is 12.9. The van der Waals surface area contributed by atoms with Crippen LogP contribution < -0.4 is 10.1 Å². The first-order chi connectivity index (χ1) is 12.3. The summed E-state index contributed by atoms with van der Waals surface area (Å²) in [4.78, 5) is 24.0. The Bertz CT molecular complexity index is 812. The number of benzene rings is 2. The number of nitrogens with one attached hydrogen (secondary N) is 1. The number of hydrogen-bond donors (Lipinski definition) is 2. The van der Waals surface area contributed by atoms with Crippen molar-refractivity contribution in [1.29, 1.82) is 0 Å². The molecule has 0 aliphatic heterocycles. The Morgan fingerprint density at radius 2 is 1.96 bits per heavy atom. The fourth-order valence-electron chi connectivity index (χ4n) is 2.52. The highest BCUT2D eigenvalue weighted by molar-refractivity contribution is 6.31. The van der Waals surface area contributed by atoms with Crippen LogP contribution in [0.2, 0.25) is 5.02 Å². The number of carbonyl (C=O) groups excluding carboxylic acids is 1. The van der Waals surface area contributed by atoms with E-state index in [1.165, 1.54) is 19.2 Å². The van der Waals surface area contributed by atoms with Crippen LogP contribution in [0.3, 0.4) is 0 Å². The molecule has 0 radical (unpaired) electrons. The van der Waals surface area contributed by atoms with E-state index < -0.39 is 29.7 Å². The first kappa shape index (κ1) is 19.7. The number of rotatable bonds is 7. The summed E-state index contributed by atoms with van der Waals surface area (Å²) in [6.07, 6.45) is 0.356. The van der Waals surface area contributed by atoms with E-state index in [4.69, 9.17) is 16.3 Å². The molecule has 2 rings (SSSR count). The van der Waals surface area contributed by atoms with E-state index in [-0.39, 0.29) is 11.3 Å². The minimum absolute atomic E-state index is 0.00342. The smallest absolute Gasteiger partial charge is 0.330 e. The zero-order valence-corrected chi connectivity index (χ0v) is 15.1. The van der Waals surface area contributed by atoms with Crippen molar-refractivity contribution in [3.05, 3.63) is 64.4 Å². The molecule has 5 nitrogen and oxygen atoms in total. The van der Waals surface area contributed by atoms with Crippen molar-refractivity contribution in [1.82, 2.24) is 5.32 Å². The summed E-state index contributed by atoms with van der Waals surface area (Å²) in [5.41, 5.74) is 0.910. The maximum absolute atomic E-state index is 13.9. The van der Waals surface area contributed by atoms with E-state index in [0.717, 1.165) is 11.6 Å². The number of ether oxygens (including phenoxy) is 1. The van der Waals surface area contributed by atoms with E-state index in [1.807, 2.05) is 6.07 Å². The number of hydrogen-bond acceptors (Lipinski definition) is 3. The second-order valence-corrected chi connectivity index (χ2v) is 6.28. The molecule has 0 aliphatic rings. The van der Waals surface area contributed by atoms with Crippen LogP contribution in [-0.4, -0.2) is 24.1 Å². The lowest BCUT2D eigenvalue weighted by Crippen LogP contribution is -2.37. The number of amides is 1. The quantitative estimate of drug-likeness (QED) is 0.770. The molecule has 0 saturated carbocycles.